The summed E-state index contributed by atoms with van der Waals surface area (Å²) in [5.41, 5.74) is 8.98. The van der Waals surface area contributed by atoms with Gasteiger partial charge in [0.25, 0.3) is 5.91 Å². The lowest BCUT2D eigenvalue weighted by Crippen LogP contribution is -2.39. The van der Waals surface area contributed by atoms with Crippen LogP contribution in [0.25, 0.3) is 11.1 Å². The molecule has 3 heterocycles. The lowest BCUT2D eigenvalue weighted by Gasteiger charge is -2.36. The zero-order valence-electron chi connectivity index (χ0n) is 15.5. The Morgan fingerprint density at radius 2 is 2.14 bits per heavy atom. The van der Waals surface area contributed by atoms with Crippen LogP contribution in [-0.4, -0.2) is 37.1 Å². The highest BCUT2D eigenvalue weighted by Gasteiger charge is 2.32. The van der Waals surface area contributed by atoms with Crippen molar-refractivity contribution in [3.05, 3.63) is 59.1 Å². The average Bonchev–Trinajstić information content (AvgIpc) is 3.14. The molecule has 1 atom stereocenters. The first-order chi connectivity index (χ1) is 13.5. The highest BCUT2D eigenvalue weighted by atomic mass is 35.5. The Morgan fingerprint density at radius 3 is 2.89 bits per heavy atom. The van der Waals surface area contributed by atoms with Crippen LogP contribution in [0.15, 0.2) is 42.9 Å². The van der Waals surface area contributed by atoms with Gasteiger partial charge < -0.3 is 10.6 Å². The standard InChI is InChI=1S/C20H21ClN6O/c1-26-12-14(10-24-26)19(28)27-8-3-2-7-17(27)18-16(11-23-20(22)25-18)13-5-4-6-15(21)9-13/h4-6,9-12,17H,2-3,7-8H2,1H3,(H2,22,23,25). The van der Waals surface area contributed by atoms with Crippen LogP contribution in [0.5, 0.6) is 0 Å². The Labute approximate surface area is 168 Å². The molecule has 1 fully saturated rings. The van der Waals surface area contributed by atoms with Crippen LogP contribution in [0.1, 0.15) is 41.4 Å². The van der Waals surface area contributed by atoms with Gasteiger partial charge in [-0.3, -0.25) is 9.48 Å². The molecule has 1 aromatic carbocycles. The molecule has 4 rings (SSSR count). The number of anilines is 1. The summed E-state index contributed by atoms with van der Waals surface area (Å²) < 4.78 is 1.63. The van der Waals surface area contributed by atoms with Gasteiger partial charge in [-0.25, -0.2) is 9.97 Å². The molecule has 7 nitrogen and oxygen atoms in total. The Hall–Kier alpha value is -2.93. The van der Waals surface area contributed by atoms with E-state index in [1.54, 1.807) is 30.3 Å². The van der Waals surface area contributed by atoms with Crippen molar-refractivity contribution in [3.63, 3.8) is 0 Å². The number of piperidine rings is 1. The van der Waals surface area contributed by atoms with E-state index in [9.17, 15) is 4.79 Å². The number of halogens is 1. The summed E-state index contributed by atoms with van der Waals surface area (Å²) in [5.74, 6) is 0.146. The van der Waals surface area contributed by atoms with Crippen LogP contribution in [-0.2, 0) is 7.05 Å². The monoisotopic (exact) mass is 396 g/mol. The second-order valence-corrected chi connectivity index (χ2v) is 7.39. The third-order valence-corrected chi connectivity index (χ3v) is 5.24. The number of amides is 1. The molecule has 0 spiro atoms. The van der Waals surface area contributed by atoms with Gasteiger partial charge in [0.15, 0.2) is 0 Å². The normalized spacial score (nSPS) is 16.9. The van der Waals surface area contributed by atoms with E-state index in [2.05, 4.69) is 15.1 Å². The molecule has 8 heteroatoms. The molecule has 0 saturated carbocycles. The molecular formula is C20H21ClN6O. The summed E-state index contributed by atoms with van der Waals surface area (Å²) in [4.78, 5) is 23.8. The van der Waals surface area contributed by atoms with E-state index in [1.807, 2.05) is 29.2 Å². The van der Waals surface area contributed by atoms with Crippen LogP contribution >= 0.6 is 11.6 Å². The predicted octanol–water partition coefficient (Wildman–Crippen LogP) is 3.48. The number of nitrogen functional groups attached to an aromatic ring is 1. The van der Waals surface area contributed by atoms with Crippen LogP contribution in [0.4, 0.5) is 5.95 Å². The summed E-state index contributed by atoms with van der Waals surface area (Å²) >= 11 is 6.19. The number of aryl methyl sites for hydroxylation is 1. The number of benzene rings is 1. The number of nitrogens with zero attached hydrogens (tertiary/aromatic N) is 5. The summed E-state index contributed by atoms with van der Waals surface area (Å²) in [5, 5.41) is 4.76. The molecule has 1 aliphatic heterocycles. The summed E-state index contributed by atoms with van der Waals surface area (Å²) in [6, 6.07) is 7.36. The van der Waals surface area contributed by atoms with Gasteiger partial charge >= 0.3 is 0 Å². The fraction of sp³-hybridized carbons (Fsp3) is 0.300. The number of rotatable bonds is 3. The van der Waals surface area contributed by atoms with E-state index >= 15 is 0 Å². The van der Waals surface area contributed by atoms with Crippen LogP contribution in [0.2, 0.25) is 5.02 Å². The fourth-order valence-electron chi connectivity index (χ4n) is 3.70. The molecule has 0 aliphatic carbocycles. The SMILES string of the molecule is Cn1cc(C(=O)N2CCCCC2c2nc(N)ncc2-c2cccc(Cl)c2)cn1. The minimum absolute atomic E-state index is 0.0490. The zero-order chi connectivity index (χ0) is 19.7. The van der Waals surface area contributed by atoms with Crippen molar-refractivity contribution in [2.75, 3.05) is 12.3 Å². The number of carbonyl (C=O) groups excluding carboxylic acids is 1. The van der Waals surface area contributed by atoms with Crippen molar-refractivity contribution in [2.45, 2.75) is 25.3 Å². The van der Waals surface area contributed by atoms with Crippen LogP contribution in [0.3, 0.4) is 0 Å². The van der Waals surface area contributed by atoms with Crippen molar-refractivity contribution in [2.24, 2.45) is 7.05 Å². The van der Waals surface area contributed by atoms with E-state index in [0.717, 1.165) is 36.1 Å². The number of nitrogens with two attached hydrogens (primary N) is 1. The molecule has 2 N–H and O–H groups in total. The van der Waals surface area contributed by atoms with E-state index in [4.69, 9.17) is 17.3 Å². The largest absolute Gasteiger partial charge is 0.368 e. The Morgan fingerprint density at radius 1 is 1.29 bits per heavy atom. The molecule has 0 bridgehead atoms. The first kappa shape index (κ1) is 18.4. The second-order valence-electron chi connectivity index (χ2n) is 6.95. The molecule has 1 unspecified atom stereocenters. The van der Waals surface area contributed by atoms with E-state index in [1.165, 1.54) is 0 Å². The van der Waals surface area contributed by atoms with Crippen molar-refractivity contribution >= 4 is 23.5 Å². The summed E-state index contributed by atoms with van der Waals surface area (Å²) in [7, 11) is 1.80. The van der Waals surface area contributed by atoms with E-state index in [0.29, 0.717) is 17.1 Å². The summed E-state index contributed by atoms with van der Waals surface area (Å²) in [6.07, 6.45) is 7.83. The Kier molecular flexibility index (Phi) is 5.00. The number of carbonyl (C=O) groups is 1. The lowest BCUT2D eigenvalue weighted by molar-refractivity contribution is 0.0606. The first-order valence-corrected chi connectivity index (χ1v) is 9.58. The maximum absolute atomic E-state index is 13.2. The predicted molar refractivity (Wildman–Crippen MR) is 108 cm³/mol. The fourth-order valence-corrected chi connectivity index (χ4v) is 3.89. The third kappa shape index (κ3) is 3.57. The maximum atomic E-state index is 13.2. The van der Waals surface area contributed by atoms with Gasteiger partial charge in [0.1, 0.15) is 0 Å². The van der Waals surface area contributed by atoms with Gasteiger partial charge in [0.2, 0.25) is 5.95 Å². The van der Waals surface area contributed by atoms with Gasteiger partial charge in [-0.15, -0.1) is 0 Å². The Bertz CT molecular complexity index is 1020. The molecule has 1 aliphatic rings. The number of hydrogen-bond donors (Lipinski definition) is 1. The second kappa shape index (κ2) is 7.59. The molecule has 2 aromatic heterocycles. The van der Waals surface area contributed by atoms with Gasteiger partial charge in [0, 0.05) is 36.6 Å². The van der Waals surface area contributed by atoms with E-state index in [-0.39, 0.29) is 17.9 Å². The van der Waals surface area contributed by atoms with Gasteiger partial charge in [-0.05, 0) is 37.0 Å². The van der Waals surface area contributed by atoms with Crippen LogP contribution in [0, 0.1) is 0 Å². The zero-order valence-corrected chi connectivity index (χ0v) is 16.3. The average molecular weight is 397 g/mol. The topological polar surface area (TPSA) is 89.9 Å². The van der Waals surface area contributed by atoms with Crippen LogP contribution < -0.4 is 5.73 Å². The summed E-state index contributed by atoms with van der Waals surface area (Å²) in [6.45, 7) is 0.664. The van der Waals surface area contributed by atoms with Gasteiger partial charge in [0.05, 0.1) is 23.5 Å². The number of aromatic nitrogens is 4. The van der Waals surface area contributed by atoms with Crippen molar-refractivity contribution in [1.29, 1.82) is 0 Å². The molecule has 1 amide bonds. The van der Waals surface area contributed by atoms with Crippen molar-refractivity contribution in [1.82, 2.24) is 24.6 Å². The molecule has 0 radical (unpaired) electrons. The highest BCUT2D eigenvalue weighted by molar-refractivity contribution is 6.30. The molecule has 28 heavy (non-hydrogen) atoms. The molecule has 3 aromatic rings. The minimum atomic E-state index is -0.180. The smallest absolute Gasteiger partial charge is 0.257 e. The maximum Gasteiger partial charge on any atom is 0.257 e. The first-order valence-electron chi connectivity index (χ1n) is 9.21. The van der Waals surface area contributed by atoms with Crippen molar-refractivity contribution in [3.8, 4) is 11.1 Å². The lowest BCUT2D eigenvalue weighted by atomic mass is 9.93. The molecule has 1 saturated heterocycles. The minimum Gasteiger partial charge on any atom is -0.368 e. The van der Waals surface area contributed by atoms with Crippen molar-refractivity contribution < 1.29 is 4.79 Å². The quantitative estimate of drug-likeness (QED) is 0.731. The van der Waals surface area contributed by atoms with Gasteiger partial charge in [-0.1, -0.05) is 23.7 Å². The highest BCUT2D eigenvalue weighted by Crippen LogP contribution is 2.37. The molecular weight excluding hydrogens is 376 g/mol. The molecule has 144 valence electrons. The number of hydrogen-bond acceptors (Lipinski definition) is 5. The van der Waals surface area contributed by atoms with Gasteiger partial charge in [-0.2, -0.15) is 5.10 Å². The number of likely N-dealkylation sites (tertiary alicyclic amines) is 1. The third-order valence-electron chi connectivity index (χ3n) is 5.00. The Balaban J connectivity index is 1.77. The van der Waals surface area contributed by atoms with E-state index < -0.39 is 0 Å².